The van der Waals surface area contributed by atoms with E-state index >= 15 is 0 Å². The number of ether oxygens (including phenoxy) is 1. The molecule has 0 aromatic heterocycles. The molecule has 0 heterocycles. The molecule has 0 atom stereocenters. The van der Waals surface area contributed by atoms with Gasteiger partial charge in [-0.1, -0.05) is 24.3 Å². The van der Waals surface area contributed by atoms with Crippen molar-refractivity contribution in [1.82, 2.24) is 0 Å². The molecule has 0 saturated carbocycles. The summed E-state index contributed by atoms with van der Waals surface area (Å²) in [6, 6.07) is 8.00. The van der Waals surface area contributed by atoms with Crippen LogP contribution < -0.4 is 4.74 Å². The molecule has 2 aromatic rings. The van der Waals surface area contributed by atoms with Crippen molar-refractivity contribution < 1.29 is 27.1 Å². The van der Waals surface area contributed by atoms with Crippen molar-refractivity contribution >= 4 is 5.78 Å². The van der Waals surface area contributed by atoms with E-state index in [-0.39, 0.29) is 5.75 Å². The summed E-state index contributed by atoms with van der Waals surface area (Å²) in [5.74, 6) is -2.23. The fraction of sp³-hybridized carbons (Fsp3) is 0.133. The van der Waals surface area contributed by atoms with Crippen molar-refractivity contribution in [2.75, 3.05) is 7.11 Å². The second-order valence-corrected chi connectivity index (χ2v) is 4.19. The Hall–Kier alpha value is -2.37. The fourth-order valence-corrected chi connectivity index (χ4v) is 1.92. The highest BCUT2D eigenvalue weighted by atomic mass is 19.4. The minimum Gasteiger partial charge on any atom is -0.494 e. The third kappa shape index (κ3) is 2.89. The van der Waals surface area contributed by atoms with Gasteiger partial charge in [-0.25, -0.2) is 4.39 Å². The number of hydrogen-bond acceptors (Lipinski definition) is 2. The summed E-state index contributed by atoms with van der Waals surface area (Å²) in [5.41, 5.74) is -2.17. The minimum atomic E-state index is -4.69. The summed E-state index contributed by atoms with van der Waals surface area (Å²) in [7, 11) is 1.20. The van der Waals surface area contributed by atoms with E-state index in [0.29, 0.717) is 0 Å². The van der Waals surface area contributed by atoms with Crippen LogP contribution in [0.2, 0.25) is 0 Å². The minimum absolute atomic E-state index is 0.203. The summed E-state index contributed by atoms with van der Waals surface area (Å²) >= 11 is 0. The quantitative estimate of drug-likeness (QED) is 0.630. The Kier molecular flexibility index (Phi) is 3.97. The molecule has 2 aromatic carbocycles. The van der Waals surface area contributed by atoms with Crippen molar-refractivity contribution in [2.45, 2.75) is 6.18 Å². The normalized spacial score (nSPS) is 11.3. The molecule has 110 valence electrons. The van der Waals surface area contributed by atoms with E-state index in [2.05, 4.69) is 0 Å². The summed E-state index contributed by atoms with van der Waals surface area (Å²) in [6.07, 6.45) is -4.69. The maximum absolute atomic E-state index is 14.0. The number of halogens is 4. The molecule has 0 radical (unpaired) electrons. The van der Waals surface area contributed by atoms with E-state index in [9.17, 15) is 22.4 Å². The van der Waals surface area contributed by atoms with Crippen LogP contribution in [-0.4, -0.2) is 12.9 Å². The van der Waals surface area contributed by atoms with Crippen LogP contribution >= 0.6 is 0 Å². The predicted molar refractivity (Wildman–Crippen MR) is 67.8 cm³/mol. The maximum Gasteiger partial charge on any atom is 0.417 e. The van der Waals surface area contributed by atoms with Crippen LogP contribution in [-0.2, 0) is 6.18 Å². The molecule has 0 aliphatic rings. The highest BCUT2D eigenvalue weighted by Crippen LogP contribution is 2.33. The fourth-order valence-electron chi connectivity index (χ4n) is 1.92. The van der Waals surface area contributed by atoms with E-state index in [4.69, 9.17) is 4.74 Å². The van der Waals surface area contributed by atoms with Gasteiger partial charge in [0.25, 0.3) is 0 Å². The monoisotopic (exact) mass is 298 g/mol. The lowest BCUT2D eigenvalue weighted by Crippen LogP contribution is -2.14. The zero-order valence-corrected chi connectivity index (χ0v) is 10.9. The van der Waals surface area contributed by atoms with E-state index in [1.807, 2.05) is 0 Å². The first kappa shape index (κ1) is 15.0. The summed E-state index contributed by atoms with van der Waals surface area (Å²) in [5, 5.41) is 0. The Morgan fingerprint density at radius 2 is 1.62 bits per heavy atom. The summed E-state index contributed by atoms with van der Waals surface area (Å²) in [6.45, 7) is 0. The topological polar surface area (TPSA) is 26.3 Å². The highest BCUT2D eigenvalue weighted by molar-refractivity contribution is 6.10. The van der Waals surface area contributed by atoms with E-state index in [1.54, 1.807) is 0 Å². The Labute approximate surface area is 118 Å². The van der Waals surface area contributed by atoms with Gasteiger partial charge in [0.1, 0.15) is 0 Å². The van der Waals surface area contributed by atoms with Crippen molar-refractivity contribution in [2.24, 2.45) is 0 Å². The van der Waals surface area contributed by atoms with Gasteiger partial charge in [-0.2, -0.15) is 13.2 Å². The van der Waals surface area contributed by atoms with Gasteiger partial charge < -0.3 is 4.74 Å². The van der Waals surface area contributed by atoms with Crippen LogP contribution in [0.1, 0.15) is 21.5 Å². The molecule has 2 rings (SSSR count). The number of hydrogen-bond donors (Lipinski definition) is 0. The molecule has 0 bridgehead atoms. The third-order valence-electron chi connectivity index (χ3n) is 2.90. The first-order chi connectivity index (χ1) is 9.86. The lowest BCUT2D eigenvalue weighted by atomic mass is 9.97. The van der Waals surface area contributed by atoms with Crippen molar-refractivity contribution in [3.8, 4) is 5.75 Å². The first-order valence-corrected chi connectivity index (χ1v) is 5.89. The molecule has 0 amide bonds. The Balaban J connectivity index is 2.57. The molecule has 0 saturated heterocycles. The molecular weight excluding hydrogens is 288 g/mol. The molecule has 0 fully saturated rings. The van der Waals surface area contributed by atoms with E-state index in [0.717, 1.165) is 18.2 Å². The van der Waals surface area contributed by atoms with Gasteiger partial charge in [-0.3, -0.25) is 4.79 Å². The standard InChI is InChI=1S/C15H10F4O2/c1-21-12-8-4-6-10(13(12)16)14(20)9-5-2-3-7-11(9)15(17,18)19/h2-8H,1H3. The number of rotatable bonds is 3. The Morgan fingerprint density at radius 1 is 1.00 bits per heavy atom. The predicted octanol–water partition coefficient (Wildman–Crippen LogP) is 4.08. The SMILES string of the molecule is COc1cccc(C(=O)c2ccccc2C(F)(F)F)c1F. The van der Waals surface area contributed by atoms with Crippen LogP contribution in [0, 0.1) is 5.82 Å². The van der Waals surface area contributed by atoms with Gasteiger partial charge in [0.2, 0.25) is 0 Å². The molecule has 2 nitrogen and oxygen atoms in total. The van der Waals surface area contributed by atoms with E-state index in [1.165, 1.54) is 31.4 Å². The van der Waals surface area contributed by atoms with E-state index < -0.39 is 34.5 Å². The Bertz CT molecular complexity index is 678. The number of carbonyl (C=O) groups is 1. The van der Waals surface area contributed by atoms with Crippen molar-refractivity contribution in [3.05, 3.63) is 65.0 Å². The van der Waals surface area contributed by atoms with Gasteiger partial charge in [-0.05, 0) is 18.2 Å². The van der Waals surface area contributed by atoms with Gasteiger partial charge >= 0.3 is 6.18 Å². The summed E-state index contributed by atoms with van der Waals surface area (Å²) < 4.78 is 57.4. The van der Waals surface area contributed by atoms with Gasteiger partial charge in [0.05, 0.1) is 18.2 Å². The van der Waals surface area contributed by atoms with Crippen LogP contribution in [0.15, 0.2) is 42.5 Å². The van der Waals surface area contributed by atoms with Gasteiger partial charge in [-0.15, -0.1) is 0 Å². The number of alkyl halides is 3. The number of benzene rings is 2. The highest BCUT2D eigenvalue weighted by Gasteiger charge is 2.35. The van der Waals surface area contributed by atoms with Crippen molar-refractivity contribution in [1.29, 1.82) is 0 Å². The second-order valence-electron chi connectivity index (χ2n) is 4.19. The third-order valence-corrected chi connectivity index (χ3v) is 2.90. The molecule has 6 heteroatoms. The molecule has 0 N–H and O–H groups in total. The number of carbonyl (C=O) groups excluding carboxylic acids is 1. The number of ketones is 1. The van der Waals surface area contributed by atoms with Gasteiger partial charge in [0, 0.05) is 5.56 Å². The molecule has 0 spiro atoms. The van der Waals surface area contributed by atoms with Gasteiger partial charge in [0.15, 0.2) is 17.3 Å². The van der Waals surface area contributed by atoms with Crippen LogP contribution in [0.25, 0.3) is 0 Å². The lowest BCUT2D eigenvalue weighted by Gasteiger charge is -2.12. The lowest BCUT2D eigenvalue weighted by molar-refractivity contribution is -0.137. The molecule has 21 heavy (non-hydrogen) atoms. The Morgan fingerprint density at radius 3 is 2.24 bits per heavy atom. The van der Waals surface area contributed by atoms with Crippen LogP contribution in [0.4, 0.5) is 17.6 Å². The average Bonchev–Trinajstić information content (AvgIpc) is 2.46. The maximum atomic E-state index is 14.0. The zero-order chi connectivity index (χ0) is 15.6. The first-order valence-electron chi connectivity index (χ1n) is 5.89. The summed E-state index contributed by atoms with van der Waals surface area (Å²) in [4.78, 5) is 12.2. The zero-order valence-electron chi connectivity index (χ0n) is 10.9. The van der Waals surface area contributed by atoms with Crippen molar-refractivity contribution in [3.63, 3.8) is 0 Å². The smallest absolute Gasteiger partial charge is 0.417 e. The van der Waals surface area contributed by atoms with Crippen LogP contribution in [0.3, 0.4) is 0 Å². The average molecular weight is 298 g/mol. The molecule has 0 aliphatic carbocycles. The second kappa shape index (κ2) is 5.55. The largest absolute Gasteiger partial charge is 0.494 e. The number of methoxy groups -OCH3 is 1. The molecule has 0 unspecified atom stereocenters. The molecular formula is C15H10F4O2. The molecule has 0 aliphatic heterocycles. The van der Waals surface area contributed by atoms with Crippen LogP contribution in [0.5, 0.6) is 5.75 Å².